The Morgan fingerprint density at radius 2 is 1.47 bits per heavy atom. The largest absolute Gasteiger partial charge is 0.392 e. The average Bonchev–Trinajstić information content (AvgIpc) is 3.06. The van der Waals surface area contributed by atoms with Gasteiger partial charge in [-0.25, -0.2) is 5.48 Å². The second kappa shape index (κ2) is 17.7. The summed E-state index contributed by atoms with van der Waals surface area (Å²) in [6.45, 7) is 1.87. The summed E-state index contributed by atoms with van der Waals surface area (Å²) < 4.78 is 12.9. The van der Waals surface area contributed by atoms with Gasteiger partial charge in [-0.15, -0.1) is 11.8 Å². The number of aliphatic hydroxyl groups is 1. The highest BCUT2D eigenvalue weighted by atomic mass is 32.2. The van der Waals surface area contributed by atoms with Crippen molar-refractivity contribution in [2.75, 3.05) is 11.1 Å². The SMILES string of the molecule is CC(=O)Nc1ccc(SCC2CC(c3ccc(CO)cc3)OC(c3ccc(CNC(=O)CCCCCC(=O)NO)cc3)O2)cc1. The van der Waals surface area contributed by atoms with Gasteiger partial charge >= 0.3 is 0 Å². The lowest BCUT2D eigenvalue weighted by Crippen LogP contribution is -2.31. The van der Waals surface area contributed by atoms with E-state index in [-0.39, 0.29) is 37.0 Å². The van der Waals surface area contributed by atoms with Crippen LogP contribution in [0.2, 0.25) is 0 Å². The summed E-state index contributed by atoms with van der Waals surface area (Å²) in [6, 6.07) is 23.3. The highest BCUT2D eigenvalue weighted by molar-refractivity contribution is 7.99. The minimum atomic E-state index is -0.578. The Hall–Kier alpha value is -3.74. The number of aliphatic hydroxyl groups excluding tert-OH is 1. The van der Waals surface area contributed by atoms with Crippen molar-refractivity contribution in [2.24, 2.45) is 0 Å². The lowest BCUT2D eigenvalue weighted by atomic mass is 10.0. The van der Waals surface area contributed by atoms with E-state index in [4.69, 9.17) is 14.7 Å². The molecule has 5 N–H and O–H groups in total. The van der Waals surface area contributed by atoms with Crippen LogP contribution in [0.3, 0.4) is 0 Å². The van der Waals surface area contributed by atoms with E-state index in [0.717, 1.165) is 39.3 Å². The van der Waals surface area contributed by atoms with E-state index in [2.05, 4.69) is 10.6 Å². The summed E-state index contributed by atoms with van der Waals surface area (Å²) in [5.74, 6) is 0.136. The Labute approximate surface area is 267 Å². The molecule has 0 saturated carbocycles. The molecular weight excluding hydrogens is 594 g/mol. The Morgan fingerprint density at radius 3 is 2.11 bits per heavy atom. The molecule has 11 heteroatoms. The molecule has 0 aliphatic carbocycles. The average molecular weight is 636 g/mol. The van der Waals surface area contributed by atoms with Crippen LogP contribution in [-0.4, -0.2) is 39.9 Å². The van der Waals surface area contributed by atoms with E-state index in [1.807, 2.05) is 72.8 Å². The molecule has 4 rings (SSSR count). The first kappa shape index (κ1) is 34.1. The number of hydrogen-bond donors (Lipinski definition) is 5. The van der Waals surface area contributed by atoms with Crippen LogP contribution < -0.4 is 16.1 Å². The van der Waals surface area contributed by atoms with Crippen molar-refractivity contribution in [3.8, 4) is 0 Å². The topological polar surface area (TPSA) is 146 Å². The zero-order valence-corrected chi connectivity index (χ0v) is 26.2. The van der Waals surface area contributed by atoms with Gasteiger partial charge in [0.05, 0.1) is 18.8 Å². The molecule has 1 heterocycles. The van der Waals surface area contributed by atoms with Gasteiger partial charge in [0.1, 0.15) is 0 Å². The molecule has 3 aromatic rings. The number of nitrogens with one attached hydrogen (secondary N) is 3. The molecule has 3 amide bonds. The summed E-state index contributed by atoms with van der Waals surface area (Å²) in [7, 11) is 0. The highest BCUT2D eigenvalue weighted by Crippen LogP contribution is 2.39. The standard InChI is InChI=1S/C34H41N3O7S/c1-23(39)36-28-15-17-30(18-16-28)45-22-29-19-31(26-11-9-25(21-38)10-12-26)44-34(43-29)27-13-7-24(8-14-27)20-35-32(40)5-3-2-4-6-33(41)37-42/h7-18,29,31,34,38,42H,2-6,19-22H2,1H3,(H,35,40)(H,36,39)(H,37,41). The Balaban J connectivity index is 1.34. The predicted octanol–water partition coefficient (Wildman–Crippen LogP) is 5.55. The summed E-state index contributed by atoms with van der Waals surface area (Å²) in [4.78, 5) is 35.7. The number of hydrogen-bond acceptors (Lipinski definition) is 8. The van der Waals surface area contributed by atoms with Crippen molar-refractivity contribution in [3.05, 3.63) is 95.1 Å². The third kappa shape index (κ3) is 11.3. The van der Waals surface area contributed by atoms with Crippen LogP contribution in [0.5, 0.6) is 0 Å². The van der Waals surface area contributed by atoms with Crippen LogP contribution in [-0.2, 0) is 37.0 Å². The zero-order chi connectivity index (χ0) is 32.0. The number of ether oxygens (including phenoxy) is 2. The lowest BCUT2D eigenvalue weighted by Gasteiger charge is -2.36. The van der Waals surface area contributed by atoms with Crippen LogP contribution in [0.4, 0.5) is 5.69 Å². The van der Waals surface area contributed by atoms with Crippen molar-refractivity contribution in [2.45, 2.75) is 82.0 Å². The Kier molecular flexibility index (Phi) is 13.4. The summed E-state index contributed by atoms with van der Waals surface area (Å²) >= 11 is 1.68. The predicted molar refractivity (Wildman–Crippen MR) is 171 cm³/mol. The van der Waals surface area contributed by atoms with Gasteiger partial charge in [-0.1, -0.05) is 55.0 Å². The monoisotopic (exact) mass is 635 g/mol. The van der Waals surface area contributed by atoms with Gasteiger partial charge in [-0.3, -0.25) is 19.6 Å². The van der Waals surface area contributed by atoms with Gasteiger partial charge in [0.15, 0.2) is 6.29 Å². The quantitative estimate of drug-likeness (QED) is 0.0633. The second-order valence-electron chi connectivity index (χ2n) is 11.0. The smallest absolute Gasteiger partial charge is 0.243 e. The van der Waals surface area contributed by atoms with E-state index >= 15 is 0 Å². The highest BCUT2D eigenvalue weighted by Gasteiger charge is 2.32. The first-order chi connectivity index (χ1) is 21.8. The first-order valence-electron chi connectivity index (χ1n) is 15.1. The molecule has 3 aromatic carbocycles. The molecule has 1 saturated heterocycles. The molecule has 240 valence electrons. The zero-order valence-electron chi connectivity index (χ0n) is 25.4. The molecular formula is C34H41N3O7S. The van der Waals surface area contributed by atoms with Crippen LogP contribution in [0, 0.1) is 0 Å². The number of benzene rings is 3. The molecule has 0 spiro atoms. The maximum atomic E-state index is 12.3. The molecule has 45 heavy (non-hydrogen) atoms. The van der Waals surface area contributed by atoms with Gasteiger partial charge in [0, 0.05) is 54.6 Å². The fourth-order valence-corrected chi connectivity index (χ4v) is 5.86. The molecule has 10 nitrogen and oxygen atoms in total. The fourth-order valence-electron chi connectivity index (χ4n) is 4.94. The van der Waals surface area contributed by atoms with Gasteiger partial charge in [-0.2, -0.15) is 0 Å². The number of amides is 3. The molecule has 0 radical (unpaired) electrons. The lowest BCUT2D eigenvalue weighted by molar-refractivity contribution is -0.245. The maximum Gasteiger partial charge on any atom is 0.243 e. The number of anilines is 1. The summed E-state index contributed by atoms with van der Waals surface area (Å²) in [5, 5.41) is 23.7. The number of rotatable bonds is 15. The van der Waals surface area contributed by atoms with Crippen LogP contribution in [0.1, 0.15) is 80.1 Å². The van der Waals surface area contributed by atoms with Gasteiger partial charge in [0.2, 0.25) is 17.7 Å². The summed E-state index contributed by atoms with van der Waals surface area (Å²) in [6.07, 6.45) is 2.44. The van der Waals surface area contributed by atoms with Gasteiger partial charge in [-0.05, 0) is 53.8 Å². The van der Waals surface area contributed by atoms with Crippen LogP contribution in [0.15, 0.2) is 77.7 Å². The fraction of sp³-hybridized carbons (Fsp3) is 0.382. The van der Waals surface area contributed by atoms with Crippen LogP contribution in [0.25, 0.3) is 0 Å². The number of hydroxylamine groups is 1. The van der Waals surface area contributed by atoms with E-state index in [9.17, 15) is 19.5 Å². The van der Waals surface area contributed by atoms with Crippen molar-refractivity contribution in [1.82, 2.24) is 10.8 Å². The number of carbonyl (C=O) groups excluding carboxylic acids is 3. The molecule has 3 unspecified atom stereocenters. The molecule has 0 bridgehead atoms. The van der Waals surface area contributed by atoms with Gasteiger partial charge < -0.3 is 25.2 Å². The third-order valence-corrected chi connectivity index (χ3v) is 8.54. The molecule has 1 fully saturated rings. The minimum absolute atomic E-state index is 0.0180. The van der Waals surface area contributed by atoms with E-state index in [1.54, 1.807) is 17.2 Å². The first-order valence-corrected chi connectivity index (χ1v) is 16.1. The number of carbonyl (C=O) groups is 3. The van der Waals surface area contributed by atoms with Crippen molar-refractivity contribution >= 4 is 35.2 Å². The maximum absolute atomic E-state index is 12.3. The van der Waals surface area contributed by atoms with Crippen LogP contribution >= 0.6 is 11.8 Å². The van der Waals surface area contributed by atoms with Gasteiger partial charge in [0.25, 0.3) is 0 Å². The van der Waals surface area contributed by atoms with E-state index in [1.165, 1.54) is 6.92 Å². The normalized spacial score (nSPS) is 17.8. The molecule has 1 aliphatic rings. The summed E-state index contributed by atoms with van der Waals surface area (Å²) in [5.41, 5.74) is 6.05. The van der Waals surface area contributed by atoms with Crippen molar-refractivity contribution in [1.29, 1.82) is 0 Å². The Morgan fingerprint density at radius 1 is 0.822 bits per heavy atom. The minimum Gasteiger partial charge on any atom is -0.392 e. The van der Waals surface area contributed by atoms with Crippen molar-refractivity contribution in [3.63, 3.8) is 0 Å². The number of thioether (sulfide) groups is 1. The molecule has 1 aliphatic heterocycles. The van der Waals surface area contributed by atoms with E-state index in [0.29, 0.717) is 38.0 Å². The second-order valence-corrected chi connectivity index (χ2v) is 12.1. The van der Waals surface area contributed by atoms with E-state index < -0.39 is 12.2 Å². The third-order valence-electron chi connectivity index (χ3n) is 7.40. The molecule has 3 atom stereocenters. The Bertz CT molecular complexity index is 1380. The number of unbranched alkanes of at least 4 members (excludes halogenated alkanes) is 2. The van der Waals surface area contributed by atoms with Crippen molar-refractivity contribution < 1.29 is 34.2 Å². The molecule has 0 aromatic heterocycles.